The van der Waals surface area contributed by atoms with E-state index in [4.69, 9.17) is 33.7 Å². The molecule has 0 saturated carbocycles. The molecule has 28 heavy (non-hydrogen) atoms. The number of nitrogens with two attached hydrogens (primary N) is 1. The van der Waals surface area contributed by atoms with Crippen molar-refractivity contribution in [3.63, 3.8) is 0 Å². The van der Waals surface area contributed by atoms with Crippen LogP contribution in [0.15, 0.2) is 40.5 Å². The number of ether oxygens (including phenoxy) is 1. The molecule has 0 saturated heterocycles. The predicted molar refractivity (Wildman–Crippen MR) is 110 cm³/mol. The molecule has 1 aliphatic rings. The molecule has 0 aliphatic carbocycles. The molecular weight excluding hydrogens is 399 g/mol. The third-order valence-corrected chi connectivity index (χ3v) is 5.41. The molecule has 0 amide bonds. The van der Waals surface area contributed by atoms with Crippen molar-refractivity contribution in [3.8, 4) is 11.8 Å². The molecule has 0 fully saturated rings. The second-order valence-corrected chi connectivity index (χ2v) is 7.70. The molecule has 3 rings (SSSR count). The van der Waals surface area contributed by atoms with Gasteiger partial charge < -0.3 is 19.9 Å². The van der Waals surface area contributed by atoms with Gasteiger partial charge in [-0.25, -0.2) is 0 Å². The lowest BCUT2D eigenvalue weighted by atomic mass is 9.84. The summed E-state index contributed by atoms with van der Waals surface area (Å²) in [6.45, 7) is 3.01. The predicted octanol–water partition coefficient (Wildman–Crippen LogP) is 3.24. The molecule has 1 unspecified atom stereocenters. The van der Waals surface area contributed by atoms with E-state index in [2.05, 4.69) is 6.07 Å². The number of rotatable bonds is 4. The zero-order valence-corrected chi connectivity index (χ0v) is 17.3. The highest BCUT2D eigenvalue weighted by atomic mass is 35.5. The van der Waals surface area contributed by atoms with Crippen molar-refractivity contribution in [2.75, 3.05) is 20.6 Å². The van der Waals surface area contributed by atoms with Gasteiger partial charge in [0, 0.05) is 40.5 Å². The zero-order chi connectivity index (χ0) is 20.6. The fraction of sp³-hybridized carbons (Fsp3) is 0.300. The molecule has 0 spiro atoms. The number of aromatic nitrogens is 1. The Hall–Kier alpha value is -2.46. The Bertz CT molecular complexity index is 1050. The summed E-state index contributed by atoms with van der Waals surface area (Å²) in [5.74, 6) is -0.532. The number of allylic oxidation sites excluding steroid dienone is 1. The molecule has 146 valence electrons. The van der Waals surface area contributed by atoms with Crippen molar-refractivity contribution in [1.29, 1.82) is 5.26 Å². The second kappa shape index (κ2) is 7.88. The zero-order valence-electron chi connectivity index (χ0n) is 15.8. The second-order valence-electron chi connectivity index (χ2n) is 6.88. The van der Waals surface area contributed by atoms with E-state index in [1.165, 1.54) is 0 Å². The maximum Gasteiger partial charge on any atom is 0.258 e. The van der Waals surface area contributed by atoms with Gasteiger partial charge >= 0.3 is 0 Å². The number of hydrogen-bond acceptors (Lipinski definition) is 5. The topological polar surface area (TPSA) is 84.3 Å². The van der Waals surface area contributed by atoms with Crippen LogP contribution in [0.1, 0.15) is 22.7 Å². The van der Waals surface area contributed by atoms with Crippen LogP contribution in [0.3, 0.4) is 0 Å². The maximum absolute atomic E-state index is 13.4. The van der Waals surface area contributed by atoms with Crippen LogP contribution in [0, 0.1) is 18.3 Å². The fourth-order valence-corrected chi connectivity index (χ4v) is 3.95. The van der Waals surface area contributed by atoms with Crippen molar-refractivity contribution in [2.45, 2.75) is 19.4 Å². The first-order valence-corrected chi connectivity index (χ1v) is 9.42. The van der Waals surface area contributed by atoms with Gasteiger partial charge in [-0.3, -0.25) is 4.79 Å². The number of hydrogen-bond donors (Lipinski definition) is 1. The van der Waals surface area contributed by atoms with E-state index in [0.29, 0.717) is 40.0 Å². The van der Waals surface area contributed by atoms with E-state index in [1.54, 1.807) is 28.8 Å². The van der Waals surface area contributed by atoms with Gasteiger partial charge in [-0.2, -0.15) is 5.26 Å². The number of nitriles is 1. The molecule has 1 atom stereocenters. The van der Waals surface area contributed by atoms with E-state index in [0.717, 1.165) is 5.69 Å². The first kappa shape index (κ1) is 20.3. The Kier molecular flexibility index (Phi) is 5.71. The first-order chi connectivity index (χ1) is 13.3. The van der Waals surface area contributed by atoms with Crippen molar-refractivity contribution in [1.82, 2.24) is 9.47 Å². The Morgan fingerprint density at radius 1 is 1.29 bits per heavy atom. The van der Waals surface area contributed by atoms with Crippen LogP contribution in [-0.4, -0.2) is 30.1 Å². The minimum Gasteiger partial charge on any atom is -0.440 e. The highest BCUT2D eigenvalue weighted by molar-refractivity contribution is 6.36. The molecule has 1 aromatic carbocycles. The lowest BCUT2D eigenvalue weighted by Crippen LogP contribution is -2.34. The number of aryl methyl sites for hydroxylation is 1. The number of benzene rings is 1. The summed E-state index contributed by atoms with van der Waals surface area (Å²) in [5, 5.41) is 10.4. The van der Waals surface area contributed by atoms with Gasteiger partial charge in [0.2, 0.25) is 5.88 Å². The average molecular weight is 419 g/mol. The molecule has 0 bridgehead atoms. The highest BCUT2D eigenvalue weighted by Gasteiger charge is 2.36. The minimum absolute atomic E-state index is 0.0548. The molecule has 2 heterocycles. The van der Waals surface area contributed by atoms with E-state index >= 15 is 0 Å². The summed E-state index contributed by atoms with van der Waals surface area (Å²) in [5.41, 5.74) is 7.38. The van der Waals surface area contributed by atoms with Crippen LogP contribution in [-0.2, 0) is 6.54 Å². The van der Waals surface area contributed by atoms with Crippen molar-refractivity contribution < 1.29 is 4.74 Å². The summed E-state index contributed by atoms with van der Waals surface area (Å²) in [4.78, 5) is 15.4. The number of pyridine rings is 1. The van der Waals surface area contributed by atoms with Gasteiger partial charge in [-0.15, -0.1) is 0 Å². The molecule has 1 aliphatic heterocycles. The standard InChI is InChI=1S/C20H20Cl2N4O2/c1-11-9-15-18(20(27)26(11)8-7-25(2)3)16(12(10-23)19(24)28-15)17-13(21)5-4-6-14(17)22/h4-6,9,16H,7-8,24H2,1-3H3. The highest BCUT2D eigenvalue weighted by Crippen LogP contribution is 2.45. The smallest absolute Gasteiger partial charge is 0.258 e. The molecular formula is C20H20Cl2N4O2. The molecule has 0 radical (unpaired) electrons. The van der Waals surface area contributed by atoms with Crippen molar-refractivity contribution in [3.05, 3.63) is 72.9 Å². The number of halogens is 2. The normalized spacial score (nSPS) is 16.0. The summed E-state index contributed by atoms with van der Waals surface area (Å²) >= 11 is 12.8. The van der Waals surface area contributed by atoms with Gasteiger partial charge in [0.25, 0.3) is 5.56 Å². The summed E-state index contributed by atoms with van der Waals surface area (Å²) in [6.07, 6.45) is 0. The van der Waals surface area contributed by atoms with Gasteiger partial charge in [-0.05, 0) is 33.2 Å². The Morgan fingerprint density at radius 3 is 2.50 bits per heavy atom. The molecule has 8 heteroatoms. The lowest BCUT2D eigenvalue weighted by Gasteiger charge is -2.28. The van der Waals surface area contributed by atoms with E-state index < -0.39 is 5.92 Å². The summed E-state index contributed by atoms with van der Waals surface area (Å²) < 4.78 is 7.30. The third-order valence-electron chi connectivity index (χ3n) is 4.75. The van der Waals surface area contributed by atoms with Crippen molar-refractivity contribution in [2.24, 2.45) is 5.73 Å². The third kappa shape index (κ3) is 3.49. The lowest BCUT2D eigenvalue weighted by molar-refractivity contribution is 0.369. The molecule has 2 N–H and O–H groups in total. The fourth-order valence-electron chi connectivity index (χ4n) is 3.34. The Labute approximate surface area is 173 Å². The van der Waals surface area contributed by atoms with Crippen LogP contribution in [0.4, 0.5) is 0 Å². The van der Waals surface area contributed by atoms with Crippen LogP contribution >= 0.6 is 23.2 Å². The summed E-state index contributed by atoms with van der Waals surface area (Å²) in [7, 11) is 3.87. The maximum atomic E-state index is 13.4. The van der Waals surface area contributed by atoms with Crippen LogP contribution in [0.5, 0.6) is 5.75 Å². The van der Waals surface area contributed by atoms with Crippen molar-refractivity contribution >= 4 is 23.2 Å². The Balaban J connectivity index is 2.31. The largest absolute Gasteiger partial charge is 0.440 e. The number of nitrogens with zero attached hydrogens (tertiary/aromatic N) is 3. The number of fused-ring (bicyclic) bond motifs is 1. The van der Waals surface area contributed by atoms with Gasteiger partial charge in [0.05, 0.1) is 11.5 Å². The van der Waals surface area contributed by atoms with Crippen LogP contribution < -0.4 is 16.0 Å². The molecule has 1 aromatic heterocycles. The van der Waals surface area contributed by atoms with Gasteiger partial charge in [-0.1, -0.05) is 29.3 Å². The summed E-state index contributed by atoms with van der Waals surface area (Å²) in [6, 6.07) is 8.86. The van der Waals surface area contributed by atoms with Gasteiger partial charge in [0.1, 0.15) is 17.4 Å². The SMILES string of the molecule is Cc1cc2c(c(=O)n1CCN(C)C)C(c1c(Cl)cccc1Cl)C(C#N)=C(N)O2. The minimum atomic E-state index is -0.798. The molecule has 2 aromatic rings. The van der Waals surface area contributed by atoms with Crippen LogP contribution in [0.25, 0.3) is 0 Å². The average Bonchev–Trinajstić information content (AvgIpc) is 2.60. The van der Waals surface area contributed by atoms with Gasteiger partial charge in [0.15, 0.2) is 0 Å². The first-order valence-electron chi connectivity index (χ1n) is 8.66. The quantitative estimate of drug-likeness (QED) is 0.823. The Morgan fingerprint density at radius 2 is 1.93 bits per heavy atom. The van der Waals surface area contributed by atoms with E-state index in [9.17, 15) is 10.1 Å². The number of likely N-dealkylation sites (N-methyl/N-ethyl adjacent to an activating group) is 1. The van der Waals surface area contributed by atoms with E-state index in [1.807, 2.05) is 25.9 Å². The monoisotopic (exact) mass is 418 g/mol. The van der Waals surface area contributed by atoms with E-state index in [-0.39, 0.29) is 17.0 Å². The molecule has 6 nitrogen and oxygen atoms in total. The van der Waals surface area contributed by atoms with Crippen LogP contribution in [0.2, 0.25) is 10.0 Å².